The molecule has 0 fully saturated rings. The topological polar surface area (TPSA) is 0 Å². The maximum atomic E-state index is 2.29. The highest BCUT2D eigenvalue weighted by Crippen LogP contribution is 2.36. The van der Waals surface area contributed by atoms with Crippen molar-refractivity contribution in [2.45, 2.75) is 26.2 Å². The summed E-state index contributed by atoms with van der Waals surface area (Å²) in [5.41, 5.74) is 1.52. The van der Waals surface area contributed by atoms with Gasteiger partial charge >= 0.3 is 0 Å². The normalized spacial score (nSPS) is 11.4. The molecule has 3 aromatic rings. The highest BCUT2D eigenvalue weighted by atomic mass is 32.1. The van der Waals surface area contributed by atoms with E-state index in [4.69, 9.17) is 0 Å². The van der Waals surface area contributed by atoms with E-state index in [0.717, 1.165) is 0 Å². The second-order valence-electron chi connectivity index (χ2n) is 4.49. The predicted octanol–water partition coefficient (Wildman–Crippen LogP) is 5.40. The van der Waals surface area contributed by atoms with Crippen LogP contribution in [-0.4, -0.2) is 0 Å². The van der Waals surface area contributed by atoms with Gasteiger partial charge in [-0.1, -0.05) is 43.7 Å². The molecule has 17 heavy (non-hydrogen) atoms. The first-order valence-electron chi connectivity index (χ1n) is 6.29. The Balaban J connectivity index is 2.28. The number of aryl methyl sites for hydroxylation is 1. The summed E-state index contributed by atoms with van der Waals surface area (Å²) in [7, 11) is 0. The summed E-state index contributed by atoms with van der Waals surface area (Å²) in [4.78, 5) is 0. The summed E-state index contributed by atoms with van der Waals surface area (Å²) in [6.45, 7) is 2.26. The molecule has 2 aromatic carbocycles. The Morgan fingerprint density at radius 1 is 0.941 bits per heavy atom. The zero-order valence-electron chi connectivity index (χ0n) is 10.1. The zero-order valence-corrected chi connectivity index (χ0v) is 10.9. The van der Waals surface area contributed by atoms with Crippen molar-refractivity contribution in [1.82, 2.24) is 0 Å². The standard InChI is InChI=1S/C16H16S/c1-2-3-7-12-8-6-11-15-16(12)13-9-4-5-10-14(13)17-15/h4-6,8-11H,2-3,7H2,1H3. The number of hydrogen-bond donors (Lipinski definition) is 0. The average Bonchev–Trinajstić information content (AvgIpc) is 2.75. The number of benzene rings is 2. The van der Waals surface area contributed by atoms with Gasteiger partial charge in [-0.15, -0.1) is 11.3 Å². The van der Waals surface area contributed by atoms with Crippen molar-refractivity contribution in [2.75, 3.05) is 0 Å². The third kappa shape index (κ3) is 1.85. The smallest absolute Gasteiger partial charge is 0.0358 e. The Bertz CT molecular complexity index is 649. The van der Waals surface area contributed by atoms with Crippen LogP contribution in [0.4, 0.5) is 0 Å². The van der Waals surface area contributed by atoms with Gasteiger partial charge in [0, 0.05) is 20.2 Å². The summed E-state index contributed by atoms with van der Waals surface area (Å²) in [6.07, 6.45) is 3.75. The molecule has 0 nitrogen and oxygen atoms in total. The van der Waals surface area contributed by atoms with Gasteiger partial charge in [0.15, 0.2) is 0 Å². The van der Waals surface area contributed by atoms with Crippen LogP contribution < -0.4 is 0 Å². The zero-order chi connectivity index (χ0) is 11.7. The van der Waals surface area contributed by atoms with Gasteiger partial charge in [0.1, 0.15) is 0 Å². The predicted molar refractivity (Wildman–Crippen MR) is 77.9 cm³/mol. The van der Waals surface area contributed by atoms with E-state index >= 15 is 0 Å². The summed E-state index contributed by atoms with van der Waals surface area (Å²) in [5.74, 6) is 0. The lowest BCUT2D eigenvalue weighted by Crippen LogP contribution is -1.85. The minimum absolute atomic E-state index is 1.20. The molecule has 1 heterocycles. The van der Waals surface area contributed by atoms with E-state index in [2.05, 4.69) is 49.4 Å². The molecule has 0 unspecified atom stereocenters. The van der Waals surface area contributed by atoms with E-state index in [1.807, 2.05) is 11.3 Å². The van der Waals surface area contributed by atoms with Gasteiger partial charge in [-0.3, -0.25) is 0 Å². The molecule has 0 spiro atoms. The lowest BCUT2D eigenvalue weighted by Gasteiger charge is -2.02. The quantitative estimate of drug-likeness (QED) is 0.575. The van der Waals surface area contributed by atoms with Crippen LogP contribution in [0, 0.1) is 0 Å². The molecule has 0 radical (unpaired) electrons. The Hall–Kier alpha value is -1.34. The van der Waals surface area contributed by atoms with E-state index in [1.165, 1.54) is 45.0 Å². The third-order valence-electron chi connectivity index (χ3n) is 3.29. The van der Waals surface area contributed by atoms with Crippen LogP contribution in [-0.2, 0) is 6.42 Å². The highest BCUT2D eigenvalue weighted by Gasteiger charge is 2.07. The largest absolute Gasteiger partial charge is 0.135 e. The molecule has 0 amide bonds. The van der Waals surface area contributed by atoms with Crippen LogP contribution in [0.3, 0.4) is 0 Å². The fourth-order valence-electron chi connectivity index (χ4n) is 2.42. The lowest BCUT2D eigenvalue weighted by atomic mass is 10.0. The number of fused-ring (bicyclic) bond motifs is 3. The molecule has 0 bridgehead atoms. The molecule has 0 saturated carbocycles. The van der Waals surface area contributed by atoms with E-state index in [-0.39, 0.29) is 0 Å². The molecule has 0 aliphatic heterocycles. The second kappa shape index (κ2) is 4.50. The fourth-order valence-corrected chi connectivity index (χ4v) is 3.58. The number of unbranched alkanes of at least 4 members (excludes halogenated alkanes) is 1. The van der Waals surface area contributed by atoms with Crippen LogP contribution in [0.1, 0.15) is 25.3 Å². The molecule has 1 heteroatoms. The van der Waals surface area contributed by atoms with Gasteiger partial charge in [-0.2, -0.15) is 0 Å². The summed E-state index contributed by atoms with van der Waals surface area (Å²) < 4.78 is 2.84. The maximum absolute atomic E-state index is 2.29. The molecule has 0 aliphatic carbocycles. The number of thiophene rings is 1. The van der Waals surface area contributed by atoms with Crippen molar-refractivity contribution in [3.63, 3.8) is 0 Å². The lowest BCUT2D eigenvalue weighted by molar-refractivity contribution is 0.799. The molecular weight excluding hydrogens is 224 g/mol. The van der Waals surface area contributed by atoms with E-state index < -0.39 is 0 Å². The Labute approximate surface area is 106 Å². The van der Waals surface area contributed by atoms with Crippen LogP contribution in [0.5, 0.6) is 0 Å². The monoisotopic (exact) mass is 240 g/mol. The minimum atomic E-state index is 1.20. The van der Waals surface area contributed by atoms with E-state index in [0.29, 0.717) is 0 Å². The Morgan fingerprint density at radius 2 is 1.76 bits per heavy atom. The SMILES string of the molecule is CCCCc1cccc2sc3ccccc3c12. The first-order chi connectivity index (χ1) is 8.40. The first-order valence-corrected chi connectivity index (χ1v) is 7.11. The van der Waals surface area contributed by atoms with Gasteiger partial charge in [-0.05, 0) is 30.5 Å². The van der Waals surface area contributed by atoms with Gasteiger partial charge in [0.2, 0.25) is 0 Å². The second-order valence-corrected chi connectivity index (χ2v) is 5.58. The van der Waals surface area contributed by atoms with Crippen LogP contribution in [0.25, 0.3) is 20.2 Å². The fraction of sp³-hybridized carbons (Fsp3) is 0.250. The molecule has 3 rings (SSSR count). The maximum Gasteiger partial charge on any atom is 0.0358 e. The highest BCUT2D eigenvalue weighted by molar-refractivity contribution is 7.25. The van der Waals surface area contributed by atoms with Gasteiger partial charge in [0.25, 0.3) is 0 Å². The summed E-state index contributed by atoms with van der Waals surface area (Å²) >= 11 is 1.91. The molecule has 0 atom stereocenters. The van der Waals surface area contributed by atoms with Crippen LogP contribution >= 0.6 is 11.3 Å². The molecule has 86 valence electrons. The third-order valence-corrected chi connectivity index (χ3v) is 4.42. The molecule has 1 aromatic heterocycles. The van der Waals surface area contributed by atoms with Crippen molar-refractivity contribution in [1.29, 1.82) is 0 Å². The molecule has 0 N–H and O–H groups in total. The minimum Gasteiger partial charge on any atom is -0.135 e. The Kier molecular flexibility index (Phi) is 2.86. The molecule has 0 aliphatic rings. The number of rotatable bonds is 3. The average molecular weight is 240 g/mol. The summed E-state index contributed by atoms with van der Waals surface area (Å²) in [6, 6.07) is 15.5. The van der Waals surface area contributed by atoms with Crippen LogP contribution in [0.15, 0.2) is 42.5 Å². The van der Waals surface area contributed by atoms with Crippen molar-refractivity contribution >= 4 is 31.5 Å². The van der Waals surface area contributed by atoms with Gasteiger partial charge in [0.05, 0.1) is 0 Å². The van der Waals surface area contributed by atoms with E-state index in [9.17, 15) is 0 Å². The molecular formula is C16H16S. The summed E-state index contributed by atoms with van der Waals surface area (Å²) in [5, 5.41) is 2.92. The van der Waals surface area contributed by atoms with Crippen molar-refractivity contribution in [3.05, 3.63) is 48.0 Å². The number of hydrogen-bond acceptors (Lipinski definition) is 1. The van der Waals surface area contributed by atoms with Gasteiger partial charge in [-0.25, -0.2) is 0 Å². The first kappa shape index (κ1) is 10.8. The van der Waals surface area contributed by atoms with Gasteiger partial charge < -0.3 is 0 Å². The van der Waals surface area contributed by atoms with Crippen LogP contribution in [0.2, 0.25) is 0 Å². The Morgan fingerprint density at radius 3 is 2.65 bits per heavy atom. The van der Waals surface area contributed by atoms with Crippen molar-refractivity contribution in [2.24, 2.45) is 0 Å². The van der Waals surface area contributed by atoms with Crippen molar-refractivity contribution in [3.8, 4) is 0 Å². The van der Waals surface area contributed by atoms with Crippen molar-refractivity contribution < 1.29 is 0 Å². The van der Waals surface area contributed by atoms with E-state index in [1.54, 1.807) is 0 Å². The molecule has 0 saturated heterocycles.